The first-order chi connectivity index (χ1) is 13.3. The van der Waals surface area contributed by atoms with Crippen molar-refractivity contribution in [2.24, 2.45) is 0 Å². The number of carbonyl (C=O) groups is 1. The van der Waals surface area contributed by atoms with E-state index >= 15 is 0 Å². The summed E-state index contributed by atoms with van der Waals surface area (Å²) in [5, 5.41) is 7.64. The number of fused-ring (bicyclic) bond motifs is 3. The Labute approximate surface area is 162 Å². The minimum Gasteiger partial charge on any atom is -0.457 e. The van der Waals surface area contributed by atoms with Crippen LogP contribution < -0.4 is 15.4 Å². The molecule has 0 radical (unpaired) electrons. The molecule has 2 heterocycles. The van der Waals surface area contributed by atoms with E-state index in [-0.39, 0.29) is 12.1 Å². The third-order valence-corrected chi connectivity index (χ3v) is 6.34. The average molecular weight is 376 g/mol. The highest BCUT2D eigenvalue weighted by molar-refractivity contribution is 7.16. The first kappa shape index (κ1) is 16.4. The van der Waals surface area contributed by atoms with Crippen LogP contribution in [0.4, 0.5) is 5.00 Å². The van der Waals surface area contributed by atoms with Crippen LogP contribution in [0.1, 0.15) is 45.4 Å². The molecule has 1 amide bonds. The second-order valence-corrected chi connectivity index (χ2v) is 8.06. The molecule has 2 N–H and O–H groups in total. The number of anilines is 1. The fourth-order valence-corrected chi connectivity index (χ4v) is 5.14. The van der Waals surface area contributed by atoms with E-state index in [1.54, 1.807) is 11.3 Å². The van der Waals surface area contributed by atoms with Crippen LogP contribution in [0, 0.1) is 0 Å². The van der Waals surface area contributed by atoms with E-state index in [9.17, 15) is 4.79 Å². The predicted octanol–water partition coefficient (Wildman–Crippen LogP) is 5.27. The summed E-state index contributed by atoms with van der Waals surface area (Å²) in [7, 11) is 0. The lowest BCUT2D eigenvalue weighted by Crippen LogP contribution is -2.38. The summed E-state index contributed by atoms with van der Waals surface area (Å²) in [6, 6.07) is 17.6. The number of hydrogen-bond acceptors (Lipinski definition) is 4. The maximum atomic E-state index is 12.8. The van der Waals surface area contributed by atoms with Crippen molar-refractivity contribution in [2.45, 2.75) is 31.8 Å². The zero-order valence-corrected chi connectivity index (χ0v) is 15.6. The van der Waals surface area contributed by atoms with Crippen molar-refractivity contribution in [3.8, 4) is 11.5 Å². The predicted molar refractivity (Wildman–Crippen MR) is 108 cm³/mol. The van der Waals surface area contributed by atoms with Crippen molar-refractivity contribution < 1.29 is 9.53 Å². The third-order valence-electron chi connectivity index (χ3n) is 5.12. The van der Waals surface area contributed by atoms with Crippen molar-refractivity contribution in [2.75, 3.05) is 5.32 Å². The van der Waals surface area contributed by atoms with Crippen molar-refractivity contribution in [1.82, 2.24) is 5.32 Å². The molecular formula is C22H20N2O2S. The lowest BCUT2D eigenvalue weighted by Gasteiger charge is -2.27. The second kappa shape index (κ2) is 6.74. The van der Waals surface area contributed by atoms with Crippen LogP contribution in [0.3, 0.4) is 0 Å². The Morgan fingerprint density at radius 3 is 2.63 bits per heavy atom. The molecule has 1 unspecified atom stereocenters. The number of rotatable bonds is 3. The number of aryl methyl sites for hydroxylation is 1. The van der Waals surface area contributed by atoms with Gasteiger partial charge in [0.05, 0.1) is 5.56 Å². The van der Waals surface area contributed by atoms with E-state index in [1.807, 2.05) is 54.6 Å². The van der Waals surface area contributed by atoms with Crippen LogP contribution in [0.2, 0.25) is 0 Å². The van der Waals surface area contributed by atoms with E-state index < -0.39 is 0 Å². The molecule has 2 aromatic carbocycles. The Morgan fingerprint density at radius 1 is 0.926 bits per heavy atom. The van der Waals surface area contributed by atoms with Gasteiger partial charge in [-0.3, -0.25) is 4.79 Å². The summed E-state index contributed by atoms with van der Waals surface area (Å²) in [6.07, 6.45) is 4.25. The molecule has 0 saturated heterocycles. The van der Waals surface area contributed by atoms with Gasteiger partial charge in [-0.25, -0.2) is 0 Å². The number of nitrogens with one attached hydrogen (secondary N) is 2. The molecule has 0 spiro atoms. The molecule has 5 rings (SSSR count). The molecular weight excluding hydrogens is 356 g/mol. The van der Waals surface area contributed by atoms with Gasteiger partial charge < -0.3 is 15.4 Å². The Kier molecular flexibility index (Phi) is 4.09. The van der Waals surface area contributed by atoms with Gasteiger partial charge in [0.2, 0.25) is 0 Å². The van der Waals surface area contributed by atoms with Gasteiger partial charge in [-0.05, 0) is 61.1 Å². The monoisotopic (exact) mass is 376 g/mol. The first-order valence-electron chi connectivity index (χ1n) is 9.33. The van der Waals surface area contributed by atoms with Gasteiger partial charge >= 0.3 is 0 Å². The lowest BCUT2D eigenvalue weighted by molar-refractivity contribution is 0.0935. The summed E-state index contributed by atoms with van der Waals surface area (Å²) >= 11 is 1.74. The molecule has 1 aromatic heterocycles. The van der Waals surface area contributed by atoms with Crippen LogP contribution in [0.25, 0.3) is 0 Å². The van der Waals surface area contributed by atoms with E-state index in [1.165, 1.54) is 23.3 Å². The fraction of sp³-hybridized carbons (Fsp3) is 0.227. The molecule has 1 aliphatic heterocycles. The Balaban J connectivity index is 1.42. The highest BCUT2D eigenvalue weighted by Crippen LogP contribution is 2.41. The summed E-state index contributed by atoms with van der Waals surface area (Å²) in [4.78, 5) is 14.2. The highest BCUT2D eigenvalue weighted by atomic mass is 32.1. The molecule has 27 heavy (non-hydrogen) atoms. The Bertz CT molecular complexity index is 997. The van der Waals surface area contributed by atoms with Crippen molar-refractivity contribution >= 4 is 22.2 Å². The molecule has 0 bridgehead atoms. The zero-order valence-electron chi connectivity index (χ0n) is 14.8. The van der Waals surface area contributed by atoms with Gasteiger partial charge in [0.1, 0.15) is 22.7 Å². The minimum absolute atomic E-state index is 0.0301. The van der Waals surface area contributed by atoms with Crippen LogP contribution >= 0.6 is 11.3 Å². The number of carbonyl (C=O) groups excluding carboxylic acids is 1. The minimum atomic E-state index is -0.246. The highest BCUT2D eigenvalue weighted by Gasteiger charge is 2.32. The third kappa shape index (κ3) is 3.08. The standard InChI is InChI=1S/C22H20N2O2S/c25-21-19-17-11-4-5-12-18(17)27-22(19)24-20(23-21)14-7-6-10-16(13-14)26-15-8-2-1-3-9-15/h1-3,6-10,13,20,24H,4-5,11-12H2,(H,23,25). The Hall–Kier alpha value is -2.79. The van der Waals surface area contributed by atoms with E-state index in [4.69, 9.17) is 4.74 Å². The van der Waals surface area contributed by atoms with E-state index in [0.717, 1.165) is 40.5 Å². The van der Waals surface area contributed by atoms with Crippen LogP contribution in [0.15, 0.2) is 54.6 Å². The topological polar surface area (TPSA) is 50.4 Å². The number of benzene rings is 2. The number of amides is 1. The van der Waals surface area contributed by atoms with E-state index in [0.29, 0.717) is 0 Å². The molecule has 5 heteroatoms. The van der Waals surface area contributed by atoms with Crippen molar-refractivity contribution in [3.63, 3.8) is 0 Å². The van der Waals surface area contributed by atoms with Crippen LogP contribution in [-0.2, 0) is 12.8 Å². The van der Waals surface area contributed by atoms with Gasteiger partial charge in [-0.15, -0.1) is 11.3 Å². The molecule has 0 saturated carbocycles. The first-order valence-corrected chi connectivity index (χ1v) is 10.1. The largest absolute Gasteiger partial charge is 0.457 e. The zero-order chi connectivity index (χ0) is 18.2. The average Bonchev–Trinajstić information content (AvgIpc) is 3.08. The molecule has 136 valence electrons. The molecule has 1 aliphatic carbocycles. The molecule has 3 aromatic rings. The molecule has 2 aliphatic rings. The maximum absolute atomic E-state index is 12.8. The summed E-state index contributed by atoms with van der Waals surface area (Å²) in [5.41, 5.74) is 3.10. The van der Waals surface area contributed by atoms with E-state index in [2.05, 4.69) is 10.6 Å². The smallest absolute Gasteiger partial charge is 0.256 e. The fourth-order valence-electron chi connectivity index (χ4n) is 3.83. The quantitative estimate of drug-likeness (QED) is 0.654. The van der Waals surface area contributed by atoms with Gasteiger partial charge in [-0.1, -0.05) is 30.3 Å². The van der Waals surface area contributed by atoms with Crippen molar-refractivity contribution in [3.05, 3.63) is 76.2 Å². The summed E-state index contributed by atoms with van der Waals surface area (Å²) in [6.45, 7) is 0. The normalized spacial score (nSPS) is 18.1. The number of ether oxygens (including phenoxy) is 1. The summed E-state index contributed by atoms with van der Waals surface area (Å²) in [5.74, 6) is 1.58. The van der Waals surface area contributed by atoms with Gasteiger partial charge in [-0.2, -0.15) is 0 Å². The summed E-state index contributed by atoms with van der Waals surface area (Å²) < 4.78 is 5.93. The number of para-hydroxylation sites is 1. The lowest BCUT2D eigenvalue weighted by atomic mass is 9.94. The SMILES string of the molecule is O=C1NC(c2cccc(Oc3ccccc3)c2)Nc2sc3c(c21)CCCC3. The second-order valence-electron chi connectivity index (χ2n) is 6.95. The van der Waals surface area contributed by atoms with Gasteiger partial charge in [0, 0.05) is 4.88 Å². The van der Waals surface area contributed by atoms with Gasteiger partial charge in [0.15, 0.2) is 0 Å². The van der Waals surface area contributed by atoms with Crippen LogP contribution in [-0.4, -0.2) is 5.91 Å². The number of hydrogen-bond donors (Lipinski definition) is 2. The maximum Gasteiger partial charge on any atom is 0.256 e. The van der Waals surface area contributed by atoms with Crippen molar-refractivity contribution in [1.29, 1.82) is 0 Å². The molecule has 1 atom stereocenters. The number of thiophene rings is 1. The van der Waals surface area contributed by atoms with Gasteiger partial charge in [0.25, 0.3) is 5.91 Å². The Morgan fingerprint density at radius 2 is 1.74 bits per heavy atom. The molecule has 4 nitrogen and oxygen atoms in total. The van der Waals surface area contributed by atoms with Crippen LogP contribution in [0.5, 0.6) is 11.5 Å². The molecule has 0 fully saturated rings.